The second kappa shape index (κ2) is 10.1. The maximum atomic E-state index is 14.3. The van der Waals surface area contributed by atoms with Crippen LogP contribution in [0.3, 0.4) is 0 Å². The quantitative estimate of drug-likeness (QED) is 0.248. The third-order valence-electron chi connectivity index (χ3n) is 3.62. The molecule has 2 aromatic carbocycles. The standard InChI is InChI=1S/C17H12ClF2N2O3S.Cs/c18-11-7-10-14(21-17(25)22-16(10)24)15(26-5-1-4-23)13(11)9-3-2-8(19)6-12(9)20;/h1-3,6-7,23H,4-5H2,(H2,21,22,24,25);/q-1;+1. The number of hydrogen-bond donors (Lipinski definition) is 3. The number of thioether (sulfide) groups is 1. The molecule has 0 aliphatic rings. The van der Waals surface area contributed by atoms with Gasteiger partial charge in [0, 0.05) is 22.1 Å². The Bertz CT molecular complexity index is 1100. The SMILES string of the molecule is O=c1[nH]c(=O)c2cc(Cl)c(-c3ccc(F)cc3F)c(SC[CH-]CO)c2[nH]1.[Cs+]. The van der Waals surface area contributed by atoms with Gasteiger partial charge in [0.1, 0.15) is 11.6 Å². The molecule has 0 atom stereocenters. The van der Waals surface area contributed by atoms with E-state index in [1.54, 1.807) is 6.42 Å². The van der Waals surface area contributed by atoms with E-state index in [1.165, 1.54) is 12.1 Å². The average molecular weight is 531 g/mol. The van der Waals surface area contributed by atoms with Gasteiger partial charge < -0.3 is 10.1 Å². The second-order valence-corrected chi connectivity index (χ2v) is 6.74. The zero-order valence-corrected chi connectivity index (χ0v) is 22.0. The predicted octanol–water partition coefficient (Wildman–Crippen LogP) is 0.108. The summed E-state index contributed by atoms with van der Waals surface area (Å²) < 4.78 is 27.6. The molecule has 3 rings (SSSR count). The molecular weight excluding hydrogens is 519 g/mol. The van der Waals surface area contributed by atoms with Crippen LogP contribution >= 0.6 is 23.4 Å². The third kappa shape index (κ3) is 5.09. The van der Waals surface area contributed by atoms with Gasteiger partial charge in [-0.3, -0.25) is 16.2 Å². The number of fused-ring (bicyclic) bond motifs is 1. The molecule has 0 radical (unpaired) electrons. The molecule has 0 aliphatic carbocycles. The van der Waals surface area contributed by atoms with Gasteiger partial charge in [0.2, 0.25) is 0 Å². The van der Waals surface area contributed by atoms with Gasteiger partial charge in [-0.15, -0.1) is 5.75 Å². The van der Waals surface area contributed by atoms with Crippen molar-refractivity contribution in [3.63, 3.8) is 0 Å². The molecule has 0 bridgehead atoms. The van der Waals surface area contributed by atoms with Crippen molar-refractivity contribution in [3.05, 3.63) is 68.2 Å². The first-order valence-corrected chi connectivity index (χ1v) is 8.78. The number of nitrogens with one attached hydrogen (secondary N) is 2. The van der Waals surface area contributed by atoms with E-state index >= 15 is 0 Å². The van der Waals surface area contributed by atoms with Crippen molar-refractivity contribution in [1.82, 2.24) is 9.97 Å². The smallest absolute Gasteiger partial charge is 0.428 e. The molecule has 3 aromatic rings. The van der Waals surface area contributed by atoms with Crippen LogP contribution in [0.5, 0.6) is 0 Å². The van der Waals surface area contributed by atoms with Crippen molar-refractivity contribution >= 4 is 34.3 Å². The van der Waals surface area contributed by atoms with Gasteiger partial charge >= 0.3 is 74.6 Å². The molecular formula is C17H12ClCsF2N2O3S. The first kappa shape index (κ1) is 23.2. The van der Waals surface area contributed by atoms with Crippen LogP contribution in [0, 0.1) is 18.1 Å². The van der Waals surface area contributed by atoms with E-state index in [0.717, 1.165) is 23.9 Å². The Morgan fingerprint density at radius 2 is 1.93 bits per heavy atom. The Morgan fingerprint density at radius 3 is 2.59 bits per heavy atom. The Morgan fingerprint density at radius 1 is 1.19 bits per heavy atom. The summed E-state index contributed by atoms with van der Waals surface area (Å²) in [6, 6.07) is 4.38. The van der Waals surface area contributed by atoms with Gasteiger partial charge in [0.05, 0.1) is 15.9 Å². The van der Waals surface area contributed by atoms with E-state index < -0.39 is 22.9 Å². The third-order valence-corrected chi connectivity index (χ3v) is 5.02. The molecule has 0 unspecified atom stereocenters. The summed E-state index contributed by atoms with van der Waals surface area (Å²) >= 11 is 7.46. The summed E-state index contributed by atoms with van der Waals surface area (Å²) in [6.07, 6.45) is 1.55. The average Bonchev–Trinajstić information content (AvgIpc) is 2.57. The number of aliphatic hydroxyl groups excluding tert-OH is 1. The van der Waals surface area contributed by atoms with E-state index in [2.05, 4.69) is 9.97 Å². The van der Waals surface area contributed by atoms with E-state index in [1.807, 2.05) is 0 Å². The molecule has 3 N–H and O–H groups in total. The van der Waals surface area contributed by atoms with Crippen LogP contribution < -0.4 is 80.1 Å². The zero-order valence-electron chi connectivity index (χ0n) is 14.1. The number of H-pyrrole nitrogens is 2. The molecule has 0 fully saturated rings. The summed E-state index contributed by atoms with van der Waals surface area (Å²) in [7, 11) is 0. The fraction of sp³-hybridized carbons (Fsp3) is 0.118. The van der Waals surface area contributed by atoms with Crippen LogP contribution in [0.2, 0.25) is 5.02 Å². The van der Waals surface area contributed by atoms with Gasteiger partial charge in [-0.05, 0) is 18.2 Å². The van der Waals surface area contributed by atoms with Crippen LogP contribution in [0.1, 0.15) is 0 Å². The fourth-order valence-corrected chi connectivity index (χ4v) is 3.95. The first-order chi connectivity index (χ1) is 12.4. The van der Waals surface area contributed by atoms with E-state index in [4.69, 9.17) is 16.7 Å². The Labute approximate surface area is 220 Å². The minimum absolute atomic E-state index is 0. The van der Waals surface area contributed by atoms with Crippen molar-refractivity contribution < 1.29 is 82.8 Å². The van der Waals surface area contributed by atoms with Crippen molar-refractivity contribution in [2.45, 2.75) is 4.90 Å². The van der Waals surface area contributed by atoms with Crippen LogP contribution in [0.15, 0.2) is 38.8 Å². The molecule has 27 heavy (non-hydrogen) atoms. The number of aliphatic hydroxyl groups is 1. The monoisotopic (exact) mass is 530 g/mol. The Hall–Kier alpha value is -0.108. The van der Waals surface area contributed by atoms with Crippen molar-refractivity contribution in [3.8, 4) is 11.1 Å². The molecule has 0 saturated carbocycles. The summed E-state index contributed by atoms with van der Waals surface area (Å²) in [5.41, 5.74) is -0.897. The number of benzene rings is 2. The first-order valence-electron chi connectivity index (χ1n) is 7.42. The largest absolute Gasteiger partial charge is 1.00 e. The zero-order chi connectivity index (χ0) is 18.8. The number of aromatic amines is 2. The van der Waals surface area contributed by atoms with Crippen molar-refractivity contribution in [1.29, 1.82) is 0 Å². The topological polar surface area (TPSA) is 85.9 Å². The molecule has 10 heteroatoms. The minimum Gasteiger partial charge on any atom is -0.428 e. The summed E-state index contributed by atoms with van der Waals surface area (Å²) in [5, 5.41) is 9.16. The molecule has 0 aliphatic heterocycles. The van der Waals surface area contributed by atoms with E-state index in [-0.39, 0.29) is 103 Å². The number of hydrogen-bond acceptors (Lipinski definition) is 4. The Kier molecular flexibility index (Phi) is 8.65. The van der Waals surface area contributed by atoms with E-state index in [0.29, 0.717) is 10.6 Å². The maximum Gasteiger partial charge on any atom is 1.00 e. The minimum atomic E-state index is -0.827. The number of halogens is 3. The van der Waals surface area contributed by atoms with Gasteiger partial charge in [-0.25, -0.2) is 13.6 Å². The molecule has 0 saturated heterocycles. The Balaban J connectivity index is 0.00000261. The summed E-state index contributed by atoms with van der Waals surface area (Å²) in [5.74, 6) is -1.25. The van der Waals surface area contributed by atoms with Crippen LogP contribution in [-0.2, 0) is 0 Å². The van der Waals surface area contributed by atoms with Crippen LogP contribution in [0.25, 0.3) is 22.0 Å². The number of aromatic nitrogens is 2. The van der Waals surface area contributed by atoms with Crippen LogP contribution in [-0.4, -0.2) is 27.4 Å². The molecule has 1 heterocycles. The summed E-state index contributed by atoms with van der Waals surface area (Å²) in [6.45, 7) is -0.178. The van der Waals surface area contributed by atoms with E-state index in [9.17, 15) is 18.4 Å². The van der Waals surface area contributed by atoms with Crippen molar-refractivity contribution in [2.24, 2.45) is 0 Å². The second-order valence-electron chi connectivity index (χ2n) is 5.30. The summed E-state index contributed by atoms with van der Waals surface area (Å²) in [4.78, 5) is 28.8. The number of rotatable bonds is 5. The molecule has 5 nitrogen and oxygen atoms in total. The van der Waals surface area contributed by atoms with Gasteiger partial charge in [-0.1, -0.05) is 18.2 Å². The van der Waals surface area contributed by atoms with Gasteiger partial charge in [0.15, 0.2) is 0 Å². The molecule has 0 amide bonds. The fourth-order valence-electron chi connectivity index (χ4n) is 2.53. The predicted molar refractivity (Wildman–Crippen MR) is 97.7 cm³/mol. The van der Waals surface area contributed by atoms with Crippen molar-refractivity contribution in [2.75, 3.05) is 12.4 Å². The van der Waals surface area contributed by atoms with Gasteiger partial charge in [0.25, 0.3) is 5.56 Å². The normalized spacial score (nSPS) is 10.8. The van der Waals surface area contributed by atoms with Crippen LogP contribution in [0.4, 0.5) is 8.78 Å². The molecule has 0 spiro atoms. The molecule has 136 valence electrons. The molecule has 1 aromatic heterocycles. The van der Waals surface area contributed by atoms with Gasteiger partial charge in [-0.2, -0.15) is 11.8 Å². The maximum absolute atomic E-state index is 14.3.